The highest BCUT2D eigenvalue weighted by Crippen LogP contribution is 2.36. The van der Waals surface area contributed by atoms with E-state index < -0.39 is 5.97 Å². The first-order chi connectivity index (χ1) is 15.9. The summed E-state index contributed by atoms with van der Waals surface area (Å²) in [6.45, 7) is 4.43. The fourth-order valence-corrected chi connectivity index (χ4v) is 3.95. The molecule has 0 atom stereocenters. The van der Waals surface area contributed by atoms with Gasteiger partial charge in [0.1, 0.15) is 0 Å². The molecule has 1 aliphatic rings. The van der Waals surface area contributed by atoms with Gasteiger partial charge in [-0.3, -0.25) is 4.79 Å². The van der Waals surface area contributed by atoms with E-state index in [1.807, 2.05) is 31.2 Å². The maximum atomic E-state index is 12.4. The zero-order chi connectivity index (χ0) is 23.8. The molecule has 0 saturated carbocycles. The molecule has 2 aromatic rings. The van der Waals surface area contributed by atoms with E-state index in [2.05, 4.69) is 4.90 Å². The van der Waals surface area contributed by atoms with Gasteiger partial charge in [0.05, 0.1) is 18.7 Å². The maximum Gasteiger partial charge on any atom is 0.331 e. The van der Waals surface area contributed by atoms with Crippen molar-refractivity contribution in [2.45, 2.75) is 6.92 Å². The van der Waals surface area contributed by atoms with Gasteiger partial charge in [-0.25, -0.2) is 4.79 Å². The number of rotatable bonds is 8. The van der Waals surface area contributed by atoms with Crippen molar-refractivity contribution >= 4 is 46.8 Å². The average molecular weight is 493 g/mol. The molecule has 1 fully saturated rings. The van der Waals surface area contributed by atoms with E-state index in [1.165, 1.54) is 13.2 Å². The minimum Gasteiger partial charge on any atom is -0.491 e. The zero-order valence-electron chi connectivity index (χ0n) is 18.6. The molecule has 9 heteroatoms. The largest absolute Gasteiger partial charge is 0.491 e. The Bertz CT molecular complexity index is 1020. The first-order valence-electron chi connectivity index (χ1n) is 10.5. The molecule has 1 saturated heterocycles. The van der Waals surface area contributed by atoms with Crippen LogP contribution in [-0.2, 0) is 14.3 Å². The Morgan fingerprint density at radius 3 is 2.52 bits per heavy atom. The van der Waals surface area contributed by atoms with Gasteiger partial charge in [0.15, 0.2) is 18.1 Å². The molecule has 33 heavy (non-hydrogen) atoms. The molecule has 1 amide bonds. The van der Waals surface area contributed by atoms with Gasteiger partial charge < -0.3 is 24.0 Å². The summed E-state index contributed by atoms with van der Waals surface area (Å²) in [6.07, 6.45) is 2.79. The number of halogens is 2. The van der Waals surface area contributed by atoms with Gasteiger partial charge in [-0.05, 0) is 48.9 Å². The summed E-state index contributed by atoms with van der Waals surface area (Å²) in [6, 6.07) is 11.0. The van der Waals surface area contributed by atoms with Gasteiger partial charge in [0.25, 0.3) is 5.91 Å². The Labute approximate surface area is 203 Å². The van der Waals surface area contributed by atoms with E-state index in [9.17, 15) is 9.59 Å². The van der Waals surface area contributed by atoms with Crippen LogP contribution in [0.4, 0.5) is 5.69 Å². The standard InChI is InChI=1S/C24H26Cl2N2O5/c1-3-32-21-14-17(13-20(26)24(21)31-2)7-8-23(30)33-16-22(29)28-11-9-27(10-12-28)19-6-4-5-18(25)15-19/h4-8,13-15H,3,9-12,16H2,1-2H3/b8-7+. The van der Waals surface area contributed by atoms with Crippen LogP contribution >= 0.6 is 23.2 Å². The topological polar surface area (TPSA) is 68.3 Å². The molecule has 0 bridgehead atoms. The van der Waals surface area contributed by atoms with E-state index in [1.54, 1.807) is 23.1 Å². The van der Waals surface area contributed by atoms with Crippen LogP contribution in [0.1, 0.15) is 12.5 Å². The minimum absolute atomic E-state index is 0.228. The molecule has 0 N–H and O–H groups in total. The van der Waals surface area contributed by atoms with E-state index in [0.717, 1.165) is 5.69 Å². The number of carbonyl (C=O) groups excluding carboxylic acids is 2. The van der Waals surface area contributed by atoms with Crippen LogP contribution in [0.5, 0.6) is 11.5 Å². The molecule has 176 valence electrons. The Balaban J connectivity index is 1.49. The molecule has 0 unspecified atom stereocenters. The molecule has 1 aliphatic heterocycles. The molecular formula is C24H26Cl2N2O5. The van der Waals surface area contributed by atoms with Crippen LogP contribution in [0.25, 0.3) is 6.08 Å². The molecule has 2 aromatic carbocycles. The van der Waals surface area contributed by atoms with Gasteiger partial charge in [-0.2, -0.15) is 0 Å². The number of ether oxygens (including phenoxy) is 3. The number of benzene rings is 2. The van der Waals surface area contributed by atoms with E-state index in [4.69, 9.17) is 37.4 Å². The number of methoxy groups -OCH3 is 1. The average Bonchev–Trinajstić information content (AvgIpc) is 2.81. The lowest BCUT2D eigenvalue weighted by atomic mass is 10.2. The summed E-state index contributed by atoms with van der Waals surface area (Å²) in [5, 5.41) is 1.04. The number of carbonyl (C=O) groups is 2. The summed E-state index contributed by atoms with van der Waals surface area (Å²) < 4.78 is 15.9. The maximum absolute atomic E-state index is 12.4. The number of esters is 1. The van der Waals surface area contributed by atoms with Crippen molar-refractivity contribution in [2.75, 3.05) is 51.4 Å². The first-order valence-corrected chi connectivity index (χ1v) is 11.3. The van der Waals surface area contributed by atoms with Crippen molar-refractivity contribution in [1.29, 1.82) is 0 Å². The molecule has 0 radical (unpaired) electrons. The lowest BCUT2D eigenvalue weighted by molar-refractivity contribution is -0.148. The quantitative estimate of drug-likeness (QED) is 0.404. The number of nitrogens with zero attached hydrogens (tertiary/aromatic N) is 2. The third-order valence-electron chi connectivity index (χ3n) is 5.09. The van der Waals surface area contributed by atoms with Crippen LogP contribution in [0.2, 0.25) is 10.0 Å². The number of hydrogen-bond acceptors (Lipinski definition) is 6. The SMILES string of the molecule is CCOc1cc(/C=C/C(=O)OCC(=O)N2CCN(c3cccc(Cl)c3)CC2)cc(Cl)c1OC. The van der Waals surface area contributed by atoms with Crippen molar-refractivity contribution in [2.24, 2.45) is 0 Å². The minimum atomic E-state index is -0.620. The summed E-state index contributed by atoms with van der Waals surface area (Å²) in [7, 11) is 1.50. The van der Waals surface area contributed by atoms with Crippen LogP contribution in [0, 0.1) is 0 Å². The second kappa shape index (κ2) is 11.8. The first kappa shape index (κ1) is 24.7. The summed E-state index contributed by atoms with van der Waals surface area (Å²) in [5.41, 5.74) is 1.67. The van der Waals surface area contributed by atoms with Gasteiger partial charge in [-0.15, -0.1) is 0 Å². The third-order valence-corrected chi connectivity index (χ3v) is 5.61. The lowest BCUT2D eigenvalue weighted by Gasteiger charge is -2.36. The second-order valence-corrected chi connectivity index (χ2v) is 8.10. The van der Waals surface area contributed by atoms with Gasteiger partial charge in [0, 0.05) is 43.0 Å². The van der Waals surface area contributed by atoms with Gasteiger partial charge >= 0.3 is 5.97 Å². The van der Waals surface area contributed by atoms with E-state index >= 15 is 0 Å². The molecule has 1 heterocycles. The Hall–Kier alpha value is -2.90. The second-order valence-electron chi connectivity index (χ2n) is 7.26. The van der Waals surface area contributed by atoms with Crippen LogP contribution in [-0.4, -0.2) is 63.3 Å². The number of piperazine rings is 1. The fraction of sp³-hybridized carbons (Fsp3) is 0.333. The third kappa shape index (κ3) is 6.79. The van der Waals surface area contributed by atoms with Gasteiger partial charge in [-0.1, -0.05) is 29.3 Å². The van der Waals surface area contributed by atoms with E-state index in [0.29, 0.717) is 59.9 Å². The highest BCUT2D eigenvalue weighted by Gasteiger charge is 2.22. The molecule has 0 aliphatic carbocycles. The fourth-order valence-electron chi connectivity index (χ4n) is 3.47. The van der Waals surface area contributed by atoms with Crippen LogP contribution in [0.3, 0.4) is 0 Å². The predicted octanol–water partition coefficient (Wildman–Crippen LogP) is 4.31. The van der Waals surface area contributed by atoms with Gasteiger partial charge in [0.2, 0.25) is 0 Å². The van der Waals surface area contributed by atoms with Crippen molar-refractivity contribution in [3.8, 4) is 11.5 Å². The Kier molecular flexibility index (Phi) is 8.86. The van der Waals surface area contributed by atoms with Crippen molar-refractivity contribution in [3.05, 3.63) is 58.1 Å². The van der Waals surface area contributed by atoms with E-state index in [-0.39, 0.29) is 12.5 Å². The summed E-state index contributed by atoms with van der Waals surface area (Å²) in [4.78, 5) is 28.4. The Morgan fingerprint density at radius 2 is 1.85 bits per heavy atom. The molecular weight excluding hydrogens is 467 g/mol. The normalized spacial score (nSPS) is 13.8. The van der Waals surface area contributed by atoms with Crippen LogP contribution in [0.15, 0.2) is 42.5 Å². The summed E-state index contributed by atoms with van der Waals surface area (Å²) >= 11 is 12.3. The molecule has 0 spiro atoms. The van der Waals surface area contributed by atoms with Crippen molar-refractivity contribution in [3.63, 3.8) is 0 Å². The molecule has 3 rings (SSSR count). The van der Waals surface area contributed by atoms with Crippen molar-refractivity contribution < 1.29 is 23.8 Å². The smallest absolute Gasteiger partial charge is 0.331 e. The number of amides is 1. The van der Waals surface area contributed by atoms with Crippen molar-refractivity contribution in [1.82, 2.24) is 4.90 Å². The highest BCUT2D eigenvalue weighted by atomic mass is 35.5. The number of hydrogen-bond donors (Lipinski definition) is 0. The summed E-state index contributed by atoms with van der Waals surface area (Å²) in [5.74, 6) is 0.0614. The predicted molar refractivity (Wildman–Crippen MR) is 129 cm³/mol. The number of anilines is 1. The molecule has 7 nitrogen and oxygen atoms in total. The van der Waals surface area contributed by atoms with Crippen LogP contribution < -0.4 is 14.4 Å². The Morgan fingerprint density at radius 1 is 1.09 bits per heavy atom. The lowest BCUT2D eigenvalue weighted by Crippen LogP contribution is -2.49. The highest BCUT2D eigenvalue weighted by molar-refractivity contribution is 6.32. The molecule has 0 aromatic heterocycles. The zero-order valence-corrected chi connectivity index (χ0v) is 20.1. The monoisotopic (exact) mass is 492 g/mol.